The van der Waals surface area contributed by atoms with Gasteiger partial charge in [-0.25, -0.2) is 9.50 Å². The minimum absolute atomic E-state index is 0.512. The van der Waals surface area contributed by atoms with E-state index in [1.807, 2.05) is 37.9 Å². The van der Waals surface area contributed by atoms with Gasteiger partial charge in [0.2, 0.25) is 0 Å². The van der Waals surface area contributed by atoms with Crippen LogP contribution < -0.4 is 10.2 Å². The van der Waals surface area contributed by atoms with E-state index >= 15 is 0 Å². The van der Waals surface area contributed by atoms with Crippen LogP contribution in [0.1, 0.15) is 5.56 Å². The number of nitrogens with zero attached hydrogens (tertiary/aromatic N) is 8. The van der Waals surface area contributed by atoms with Crippen LogP contribution in [0.15, 0.2) is 43.2 Å². The highest BCUT2D eigenvalue weighted by molar-refractivity contribution is 5.86. The minimum atomic E-state index is 0.512. The molecule has 4 aromatic rings. The van der Waals surface area contributed by atoms with Gasteiger partial charge in [0.15, 0.2) is 0 Å². The zero-order valence-corrected chi connectivity index (χ0v) is 17.1. The van der Waals surface area contributed by atoms with Gasteiger partial charge >= 0.3 is 0 Å². The summed E-state index contributed by atoms with van der Waals surface area (Å²) < 4.78 is 3.50. The fourth-order valence-electron chi connectivity index (χ4n) is 4.79. The fourth-order valence-corrected chi connectivity index (χ4v) is 4.79. The van der Waals surface area contributed by atoms with Crippen molar-refractivity contribution in [2.45, 2.75) is 0 Å². The van der Waals surface area contributed by atoms with Gasteiger partial charge < -0.3 is 10.2 Å². The van der Waals surface area contributed by atoms with E-state index in [9.17, 15) is 5.26 Å². The van der Waals surface area contributed by atoms with Crippen LogP contribution in [0, 0.1) is 23.2 Å². The Morgan fingerprint density at radius 1 is 1.00 bits per heavy atom. The van der Waals surface area contributed by atoms with Crippen molar-refractivity contribution < 1.29 is 0 Å². The number of aromatic nitrogens is 6. The van der Waals surface area contributed by atoms with Crippen LogP contribution in [0.25, 0.3) is 27.9 Å². The molecule has 0 spiro atoms. The number of pyridine rings is 1. The summed E-state index contributed by atoms with van der Waals surface area (Å²) in [6.45, 7) is 4.22. The number of aryl methyl sites for hydroxylation is 1. The van der Waals surface area contributed by atoms with Crippen molar-refractivity contribution in [1.29, 1.82) is 5.26 Å². The van der Waals surface area contributed by atoms with E-state index in [2.05, 4.69) is 26.5 Å². The topological polar surface area (TPSA) is 100.0 Å². The zero-order valence-electron chi connectivity index (χ0n) is 17.1. The lowest BCUT2D eigenvalue weighted by atomic mass is 10.0. The number of fused-ring (bicyclic) bond motifs is 2. The largest absolute Gasteiger partial charge is 0.355 e. The Bertz CT molecular complexity index is 1300. The summed E-state index contributed by atoms with van der Waals surface area (Å²) in [6, 6.07) is 4.27. The van der Waals surface area contributed by atoms with Crippen LogP contribution in [0.2, 0.25) is 0 Å². The van der Waals surface area contributed by atoms with Crippen LogP contribution in [-0.4, -0.2) is 55.5 Å². The predicted molar refractivity (Wildman–Crippen MR) is 115 cm³/mol. The van der Waals surface area contributed by atoms with E-state index in [4.69, 9.17) is 9.97 Å². The summed E-state index contributed by atoms with van der Waals surface area (Å²) in [7, 11) is 1.89. The first kappa shape index (κ1) is 18.0. The van der Waals surface area contributed by atoms with E-state index in [1.54, 1.807) is 21.6 Å². The number of hydrogen-bond donors (Lipinski definition) is 1. The molecule has 2 saturated heterocycles. The van der Waals surface area contributed by atoms with E-state index in [0.29, 0.717) is 17.4 Å². The summed E-state index contributed by atoms with van der Waals surface area (Å²) >= 11 is 0. The quantitative estimate of drug-likeness (QED) is 0.548. The number of rotatable bonds is 3. The normalized spacial score (nSPS) is 20.3. The molecular formula is C22H21N9. The van der Waals surface area contributed by atoms with Crippen molar-refractivity contribution in [1.82, 2.24) is 34.7 Å². The minimum Gasteiger partial charge on any atom is -0.355 e. The van der Waals surface area contributed by atoms with Gasteiger partial charge in [0.25, 0.3) is 0 Å². The lowest BCUT2D eigenvalue weighted by Crippen LogP contribution is -2.26. The summed E-state index contributed by atoms with van der Waals surface area (Å²) in [5.41, 5.74) is 4.72. The Morgan fingerprint density at radius 2 is 1.84 bits per heavy atom. The van der Waals surface area contributed by atoms with Crippen LogP contribution in [0.5, 0.6) is 0 Å². The molecule has 2 atom stereocenters. The Balaban J connectivity index is 1.41. The molecule has 154 valence electrons. The third-order valence-electron chi connectivity index (χ3n) is 6.40. The van der Waals surface area contributed by atoms with Gasteiger partial charge in [0.05, 0.1) is 41.6 Å². The van der Waals surface area contributed by atoms with Gasteiger partial charge in [0, 0.05) is 62.3 Å². The average Bonchev–Trinajstić information content (AvgIpc) is 3.56. The SMILES string of the molecule is Cn1cc(-c2cc(-c3cnc(N4C[C@H]5CNC[C@H]5C4)cn3)c3c(C#N)cnn3c2)cn1. The second-order valence-electron chi connectivity index (χ2n) is 8.35. The predicted octanol–water partition coefficient (Wildman–Crippen LogP) is 1.72. The first-order valence-corrected chi connectivity index (χ1v) is 10.4. The van der Waals surface area contributed by atoms with Crippen LogP contribution in [0.4, 0.5) is 5.82 Å². The van der Waals surface area contributed by atoms with Crippen LogP contribution in [0.3, 0.4) is 0 Å². The molecule has 2 aliphatic heterocycles. The van der Waals surface area contributed by atoms with E-state index in [-0.39, 0.29) is 0 Å². The molecule has 6 heterocycles. The molecule has 0 aromatic carbocycles. The van der Waals surface area contributed by atoms with Gasteiger partial charge in [-0.3, -0.25) is 9.67 Å². The Kier molecular flexibility index (Phi) is 4.01. The van der Waals surface area contributed by atoms with Gasteiger partial charge in [-0.05, 0) is 17.9 Å². The summed E-state index contributed by atoms with van der Waals surface area (Å²) in [6.07, 6.45) is 10.9. The van der Waals surface area contributed by atoms with Gasteiger partial charge in [-0.1, -0.05) is 0 Å². The van der Waals surface area contributed by atoms with Gasteiger partial charge in [-0.2, -0.15) is 15.5 Å². The van der Waals surface area contributed by atoms with Gasteiger partial charge in [-0.15, -0.1) is 0 Å². The van der Waals surface area contributed by atoms with Crippen molar-refractivity contribution in [3.05, 3.63) is 48.8 Å². The Morgan fingerprint density at radius 3 is 2.52 bits per heavy atom. The highest BCUT2D eigenvalue weighted by Gasteiger charge is 2.36. The maximum atomic E-state index is 9.59. The van der Waals surface area contributed by atoms with Crippen molar-refractivity contribution in [2.24, 2.45) is 18.9 Å². The third kappa shape index (κ3) is 2.95. The summed E-state index contributed by atoms with van der Waals surface area (Å²) in [5.74, 6) is 2.30. The fraction of sp³-hybridized carbons (Fsp3) is 0.318. The lowest BCUT2D eigenvalue weighted by Gasteiger charge is -2.18. The molecule has 6 rings (SSSR count). The lowest BCUT2D eigenvalue weighted by molar-refractivity contribution is 0.533. The van der Waals surface area contributed by atoms with Crippen molar-refractivity contribution in [3.8, 4) is 28.5 Å². The first-order valence-electron chi connectivity index (χ1n) is 10.4. The molecule has 2 fully saturated rings. The highest BCUT2D eigenvalue weighted by atomic mass is 15.2. The maximum absolute atomic E-state index is 9.59. The molecule has 1 N–H and O–H groups in total. The molecule has 9 heteroatoms. The molecule has 2 aliphatic rings. The number of nitriles is 1. The first-order chi connectivity index (χ1) is 15.2. The molecule has 0 aliphatic carbocycles. The molecule has 0 unspecified atom stereocenters. The van der Waals surface area contributed by atoms with Gasteiger partial charge in [0.1, 0.15) is 11.9 Å². The van der Waals surface area contributed by atoms with Crippen LogP contribution >= 0.6 is 0 Å². The summed E-state index contributed by atoms with van der Waals surface area (Å²) in [5, 5.41) is 21.7. The molecule has 0 bridgehead atoms. The van der Waals surface area contributed by atoms with Crippen LogP contribution in [-0.2, 0) is 7.05 Å². The molecule has 9 nitrogen and oxygen atoms in total. The smallest absolute Gasteiger partial charge is 0.147 e. The van der Waals surface area contributed by atoms with E-state index in [1.165, 1.54) is 0 Å². The van der Waals surface area contributed by atoms with Crippen molar-refractivity contribution >= 4 is 11.3 Å². The maximum Gasteiger partial charge on any atom is 0.147 e. The summed E-state index contributed by atoms with van der Waals surface area (Å²) in [4.78, 5) is 11.8. The molecule has 0 amide bonds. The Labute approximate surface area is 179 Å². The average molecular weight is 411 g/mol. The monoisotopic (exact) mass is 411 g/mol. The molecule has 31 heavy (non-hydrogen) atoms. The number of hydrogen-bond acceptors (Lipinski definition) is 7. The number of anilines is 1. The second-order valence-corrected chi connectivity index (χ2v) is 8.35. The van der Waals surface area contributed by atoms with Crippen molar-refractivity contribution in [3.63, 3.8) is 0 Å². The highest BCUT2D eigenvalue weighted by Crippen LogP contribution is 2.32. The second kappa shape index (κ2) is 6.89. The van der Waals surface area contributed by atoms with E-state index in [0.717, 1.165) is 59.9 Å². The molecular weight excluding hydrogens is 390 g/mol. The number of nitrogens with one attached hydrogen (secondary N) is 1. The molecule has 4 aromatic heterocycles. The third-order valence-corrected chi connectivity index (χ3v) is 6.40. The molecule has 0 saturated carbocycles. The molecule has 0 radical (unpaired) electrons. The zero-order chi connectivity index (χ0) is 20.9. The standard InChI is InChI=1S/C22H21N9/c1-29-10-18(7-27-29)14-2-19(22-15(3-23)6-28-31(22)13-14)20-8-26-21(9-25-20)30-11-16-4-24-5-17(16)12-30/h2,6-10,13,16-17,24H,4-5,11-12H2,1H3/t16-,17+. The van der Waals surface area contributed by atoms with E-state index < -0.39 is 0 Å². The Hall–Kier alpha value is -3.77. The van der Waals surface area contributed by atoms with Crippen molar-refractivity contribution in [2.75, 3.05) is 31.1 Å².